The van der Waals surface area contributed by atoms with Gasteiger partial charge in [0.1, 0.15) is 11.2 Å². The molecule has 0 saturated heterocycles. The highest BCUT2D eigenvalue weighted by Gasteiger charge is 2.21. The van der Waals surface area contributed by atoms with E-state index in [9.17, 15) is 0 Å². The summed E-state index contributed by atoms with van der Waals surface area (Å²) in [6.07, 6.45) is 6.58. The van der Waals surface area contributed by atoms with Crippen molar-refractivity contribution >= 4 is 38.5 Å². The maximum Gasteiger partial charge on any atom is 0.165 e. The van der Waals surface area contributed by atoms with E-state index in [2.05, 4.69) is 56.8 Å². The van der Waals surface area contributed by atoms with Crippen molar-refractivity contribution in [3.05, 3.63) is 84.3 Å². The molecule has 130 valence electrons. The molecule has 0 N–H and O–H groups in total. The standard InChI is InChI=1S/C24H14N4/c1-2-5-16-14(4-1)10-15-11-19-17-7-9-25-13-22(17)28-23(20(19)12-18(15)16)27-21-6-3-8-26-24(21)28/h1-9,11-13H,10H2. The summed E-state index contributed by atoms with van der Waals surface area (Å²) >= 11 is 0. The van der Waals surface area contributed by atoms with Crippen LogP contribution in [0.1, 0.15) is 11.1 Å². The average molecular weight is 358 g/mol. The first kappa shape index (κ1) is 14.3. The molecule has 4 nitrogen and oxygen atoms in total. The summed E-state index contributed by atoms with van der Waals surface area (Å²) < 4.78 is 2.15. The number of hydrogen-bond donors (Lipinski definition) is 0. The normalized spacial score (nSPS) is 12.9. The van der Waals surface area contributed by atoms with Crippen LogP contribution >= 0.6 is 0 Å². The highest BCUT2D eigenvalue weighted by Crippen LogP contribution is 2.41. The van der Waals surface area contributed by atoms with Gasteiger partial charge in [-0.25, -0.2) is 9.97 Å². The van der Waals surface area contributed by atoms with E-state index in [4.69, 9.17) is 4.98 Å². The lowest BCUT2D eigenvalue weighted by molar-refractivity contribution is 1.22. The Hall–Kier alpha value is -3.79. The van der Waals surface area contributed by atoms with Gasteiger partial charge in [0.25, 0.3) is 0 Å². The van der Waals surface area contributed by atoms with Crippen LogP contribution in [0, 0.1) is 0 Å². The minimum Gasteiger partial charge on any atom is -0.274 e. The van der Waals surface area contributed by atoms with Crippen molar-refractivity contribution in [1.82, 2.24) is 19.4 Å². The molecule has 0 saturated carbocycles. The number of aromatic nitrogens is 4. The summed E-state index contributed by atoms with van der Waals surface area (Å²) in [4.78, 5) is 13.9. The molecule has 4 heteroatoms. The summed E-state index contributed by atoms with van der Waals surface area (Å²) in [5.74, 6) is 0. The van der Waals surface area contributed by atoms with Gasteiger partial charge in [0.15, 0.2) is 5.65 Å². The van der Waals surface area contributed by atoms with Gasteiger partial charge in [-0.2, -0.15) is 0 Å². The van der Waals surface area contributed by atoms with Crippen LogP contribution < -0.4 is 0 Å². The van der Waals surface area contributed by atoms with Gasteiger partial charge in [-0.15, -0.1) is 0 Å². The molecule has 7 rings (SSSR count). The fourth-order valence-corrected chi connectivity index (χ4v) is 4.71. The van der Waals surface area contributed by atoms with Gasteiger partial charge in [-0.05, 0) is 64.4 Å². The van der Waals surface area contributed by atoms with Gasteiger partial charge in [0, 0.05) is 23.2 Å². The van der Waals surface area contributed by atoms with Gasteiger partial charge in [0.05, 0.1) is 11.7 Å². The monoisotopic (exact) mass is 358 g/mol. The van der Waals surface area contributed by atoms with Crippen LogP contribution in [0.15, 0.2) is 73.2 Å². The third-order valence-corrected chi connectivity index (χ3v) is 5.92. The molecular formula is C24H14N4. The van der Waals surface area contributed by atoms with Crippen LogP contribution in [-0.2, 0) is 6.42 Å². The van der Waals surface area contributed by atoms with Gasteiger partial charge in [-0.1, -0.05) is 24.3 Å². The molecule has 0 aliphatic heterocycles. The fraction of sp³-hybridized carbons (Fsp3) is 0.0417. The van der Waals surface area contributed by atoms with Crippen LogP contribution in [0.3, 0.4) is 0 Å². The summed E-state index contributed by atoms with van der Waals surface area (Å²) in [7, 11) is 0. The Bertz CT molecular complexity index is 1590. The third kappa shape index (κ3) is 1.68. The first-order valence-electron chi connectivity index (χ1n) is 9.42. The Balaban J connectivity index is 1.75. The molecule has 4 heterocycles. The first-order valence-corrected chi connectivity index (χ1v) is 9.42. The van der Waals surface area contributed by atoms with Crippen LogP contribution in [0.2, 0.25) is 0 Å². The molecule has 2 aromatic carbocycles. The highest BCUT2D eigenvalue weighted by molar-refractivity contribution is 6.15. The van der Waals surface area contributed by atoms with Gasteiger partial charge < -0.3 is 0 Å². The molecule has 4 aromatic heterocycles. The summed E-state index contributed by atoms with van der Waals surface area (Å²) in [5.41, 5.74) is 9.19. The lowest BCUT2D eigenvalue weighted by Gasteiger charge is -2.10. The Morgan fingerprint density at radius 1 is 0.750 bits per heavy atom. The minimum atomic E-state index is 0.873. The van der Waals surface area contributed by atoms with Gasteiger partial charge >= 0.3 is 0 Å². The molecule has 0 bridgehead atoms. The predicted molar refractivity (Wildman–Crippen MR) is 112 cm³/mol. The molecule has 28 heavy (non-hydrogen) atoms. The van der Waals surface area contributed by atoms with E-state index in [1.807, 2.05) is 30.7 Å². The second-order valence-electron chi connectivity index (χ2n) is 7.40. The lowest BCUT2D eigenvalue weighted by atomic mass is 9.99. The van der Waals surface area contributed by atoms with E-state index in [1.54, 1.807) is 0 Å². The molecule has 0 spiro atoms. The van der Waals surface area contributed by atoms with Crippen LogP contribution in [0.5, 0.6) is 0 Å². The number of imidazole rings is 1. The van der Waals surface area contributed by atoms with Crippen molar-refractivity contribution in [3.8, 4) is 11.1 Å². The Morgan fingerprint density at radius 2 is 1.71 bits per heavy atom. The summed E-state index contributed by atoms with van der Waals surface area (Å²) in [5, 5.41) is 3.57. The van der Waals surface area contributed by atoms with Crippen molar-refractivity contribution < 1.29 is 0 Å². The molecular weight excluding hydrogens is 344 g/mol. The average Bonchev–Trinajstić information content (AvgIpc) is 3.31. The quantitative estimate of drug-likeness (QED) is 0.352. The van der Waals surface area contributed by atoms with Gasteiger partial charge in [-0.3, -0.25) is 9.38 Å². The second kappa shape index (κ2) is 4.93. The maximum atomic E-state index is 4.95. The molecule has 0 atom stereocenters. The zero-order valence-corrected chi connectivity index (χ0v) is 14.9. The Morgan fingerprint density at radius 3 is 2.71 bits per heavy atom. The van der Waals surface area contributed by atoms with Crippen LogP contribution in [0.25, 0.3) is 49.6 Å². The predicted octanol–water partition coefficient (Wildman–Crippen LogP) is 5.16. The van der Waals surface area contributed by atoms with E-state index in [0.717, 1.165) is 34.1 Å². The van der Waals surface area contributed by atoms with E-state index in [-0.39, 0.29) is 0 Å². The minimum absolute atomic E-state index is 0.873. The number of nitrogens with zero attached hydrogens (tertiary/aromatic N) is 4. The maximum absolute atomic E-state index is 4.95. The summed E-state index contributed by atoms with van der Waals surface area (Å²) in [6.45, 7) is 0. The van der Waals surface area contributed by atoms with E-state index < -0.39 is 0 Å². The molecule has 0 radical (unpaired) electrons. The number of rotatable bonds is 0. The number of benzene rings is 2. The number of fused-ring (bicyclic) bond motifs is 11. The fourth-order valence-electron chi connectivity index (χ4n) is 4.71. The number of hydrogen-bond acceptors (Lipinski definition) is 3. The Kier molecular flexibility index (Phi) is 2.51. The van der Waals surface area contributed by atoms with E-state index in [0.29, 0.717) is 0 Å². The largest absolute Gasteiger partial charge is 0.274 e. The molecule has 1 aliphatic carbocycles. The lowest BCUT2D eigenvalue weighted by Crippen LogP contribution is -1.94. The molecule has 0 fully saturated rings. The zero-order chi connectivity index (χ0) is 18.2. The Labute approximate surface area is 160 Å². The smallest absolute Gasteiger partial charge is 0.165 e. The molecule has 0 unspecified atom stereocenters. The second-order valence-corrected chi connectivity index (χ2v) is 7.40. The van der Waals surface area contributed by atoms with Crippen molar-refractivity contribution in [2.45, 2.75) is 6.42 Å². The first-order chi connectivity index (χ1) is 13.9. The van der Waals surface area contributed by atoms with Crippen molar-refractivity contribution in [2.75, 3.05) is 0 Å². The topological polar surface area (TPSA) is 43.1 Å². The van der Waals surface area contributed by atoms with Crippen LogP contribution in [-0.4, -0.2) is 19.4 Å². The molecule has 1 aliphatic rings. The summed E-state index contributed by atoms with van der Waals surface area (Å²) in [6, 6.07) is 19.4. The van der Waals surface area contributed by atoms with Gasteiger partial charge in [0.2, 0.25) is 0 Å². The highest BCUT2D eigenvalue weighted by atomic mass is 15.1. The molecule has 0 amide bonds. The van der Waals surface area contributed by atoms with Crippen molar-refractivity contribution in [3.63, 3.8) is 0 Å². The zero-order valence-electron chi connectivity index (χ0n) is 14.9. The van der Waals surface area contributed by atoms with E-state index >= 15 is 0 Å². The van der Waals surface area contributed by atoms with E-state index in [1.165, 1.54) is 33.0 Å². The SMILES string of the molecule is c1ccc2c(c1)Cc1cc3c4ccncc4n4c5ncccc5nc4c3cc1-2. The number of pyridine rings is 3. The van der Waals surface area contributed by atoms with Crippen molar-refractivity contribution in [2.24, 2.45) is 0 Å². The van der Waals surface area contributed by atoms with Crippen LogP contribution in [0.4, 0.5) is 0 Å². The molecule has 6 aromatic rings. The van der Waals surface area contributed by atoms with Crippen molar-refractivity contribution in [1.29, 1.82) is 0 Å². The third-order valence-electron chi connectivity index (χ3n) is 5.92.